The Morgan fingerprint density at radius 2 is 1.42 bits per heavy atom. The number of carboxylic acid groups (broad SMARTS) is 2. The number of carbonyl (C=O) groups is 4. The number of benzene rings is 3. The molecule has 4 N–H and O–H groups in total. The van der Waals surface area contributed by atoms with E-state index in [1.54, 1.807) is 18.2 Å². The number of aryl methyl sites for hydroxylation is 3. The number of aromatic carboxylic acids is 1. The smallest absolute Gasteiger partial charge is 0.335 e. The maximum Gasteiger partial charge on any atom is 0.335 e. The second-order valence-corrected chi connectivity index (χ2v) is 15.4. The molecule has 1 fully saturated rings. The molecule has 1 aromatic heterocycles. The van der Waals surface area contributed by atoms with Crippen LogP contribution in [-0.4, -0.2) is 50.9 Å². The highest BCUT2D eigenvalue weighted by Gasteiger charge is 2.31. The first-order valence-electron chi connectivity index (χ1n) is 18.3. The third-order valence-electron chi connectivity index (χ3n) is 10.5. The monoisotopic (exact) mass is 721 g/mol. The zero-order valence-corrected chi connectivity index (χ0v) is 30.6. The average molecular weight is 722 g/mol. The van der Waals surface area contributed by atoms with Gasteiger partial charge < -0.3 is 20.8 Å². The summed E-state index contributed by atoms with van der Waals surface area (Å²) < 4.78 is 0. The number of fused-ring (bicyclic) bond motifs is 1. The number of carboxylic acids is 2. The molecule has 272 valence electrons. The first kappa shape index (κ1) is 37.0. The van der Waals surface area contributed by atoms with Crippen LogP contribution in [0, 0.1) is 5.92 Å². The third kappa shape index (κ3) is 8.97. The molecule has 0 spiro atoms. The van der Waals surface area contributed by atoms with Crippen molar-refractivity contribution < 1.29 is 29.4 Å². The van der Waals surface area contributed by atoms with Crippen LogP contribution in [0.3, 0.4) is 0 Å². The molecule has 4 aromatic rings. The second kappa shape index (κ2) is 16.7. The van der Waals surface area contributed by atoms with Crippen molar-refractivity contribution in [3.8, 4) is 0 Å². The highest BCUT2D eigenvalue weighted by molar-refractivity contribution is 7.17. The van der Waals surface area contributed by atoms with E-state index >= 15 is 0 Å². The molecule has 0 bridgehead atoms. The fraction of sp³-hybridized carbons (Fsp3) is 0.381. The SMILES string of the molecule is CC(C)N(Cc1cccc(C(=O)Nc2sc3c(c2C(=O)Nc2ccc(CCc4ccc(C(=O)O)cc4)cc2)CCCC3)c1)[C@H]1CC[C@@H](C(=O)O)CC1. The number of nitrogens with zero attached hydrogens (tertiary/aromatic N) is 1. The minimum absolute atomic E-state index is 0.236. The summed E-state index contributed by atoms with van der Waals surface area (Å²) in [7, 11) is 0. The first-order chi connectivity index (χ1) is 25.0. The summed E-state index contributed by atoms with van der Waals surface area (Å²) in [6, 6.07) is 22.9. The summed E-state index contributed by atoms with van der Waals surface area (Å²) in [5, 5.41) is 25.3. The molecule has 0 aliphatic heterocycles. The molecule has 2 aliphatic carbocycles. The molecule has 1 saturated carbocycles. The van der Waals surface area contributed by atoms with Crippen molar-refractivity contribution in [1.29, 1.82) is 0 Å². The summed E-state index contributed by atoms with van der Waals surface area (Å²) in [5.74, 6) is -2.39. The summed E-state index contributed by atoms with van der Waals surface area (Å²) in [6.07, 6.45) is 8.35. The van der Waals surface area contributed by atoms with E-state index in [0.717, 1.165) is 78.5 Å². The van der Waals surface area contributed by atoms with E-state index in [9.17, 15) is 24.3 Å². The quantitative estimate of drug-likeness (QED) is 0.109. The molecule has 6 rings (SSSR count). The Labute approximate surface area is 309 Å². The van der Waals surface area contributed by atoms with E-state index in [4.69, 9.17) is 5.11 Å². The Hall–Kier alpha value is -4.80. The van der Waals surface area contributed by atoms with Gasteiger partial charge in [-0.05, 0) is 137 Å². The minimum atomic E-state index is -0.938. The van der Waals surface area contributed by atoms with E-state index in [1.165, 1.54) is 11.3 Å². The van der Waals surface area contributed by atoms with Gasteiger partial charge in [-0.1, -0.05) is 36.4 Å². The fourth-order valence-electron chi connectivity index (χ4n) is 7.53. The van der Waals surface area contributed by atoms with Gasteiger partial charge in [0.1, 0.15) is 5.00 Å². The molecule has 0 atom stereocenters. The first-order valence-corrected chi connectivity index (χ1v) is 19.1. The van der Waals surface area contributed by atoms with Gasteiger partial charge in [0.25, 0.3) is 11.8 Å². The summed E-state index contributed by atoms with van der Waals surface area (Å²) in [4.78, 5) is 53.8. The van der Waals surface area contributed by atoms with Gasteiger partial charge in [-0.25, -0.2) is 4.79 Å². The van der Waals surface area contributed by atoms with Crippen LogP contribution in [0.1, 0.15) is 111 Å². The van der Waals surface area contributed by atoms with Gasteiger partial charge in [-0.3, -0.25) is 19.3 Å². The van der Waals surface area contributed by atoms with E-state index < -0.39 is 11.9 Å². The van der Waals surface area contributed by atoms with E-state index in [1.807, 2.05) is 54.6 Å². The van der Waals surface area contributed by atoms with Crippen molar-refractivity contribution in [2.75, 3.05) is 10.6 Å². The lowest BCUT2D eigenvalue weighted by molar-refractivity contribution is -0.143. The molecule has 52 heavy (non-hydrogen) atoms. The lowest BCUT2D eigenvalue weighted by atomic mass is 9.85. The topological polar surface area (TPSA) is 136 Å². The van der Waals surface area contributed by atoms with E-state index in [-0.39, 0.29) is 29.3 Å². The molecular weight excluding hydrogens is 675 g/mol. The van der Waals surface area contributed by atoms with Crippen molar-refractivity contribution >= 4 is 45.8 Å². The Morgan fingerprint density at radius 3 is 2.06 bits per heavy atom. The summed E-state index contributed by atoms with van der Waals surface area (Å²) >= 11 is 1.50. The van der Waals surface area contributed by atoms with Crippen LogP contribution in [0.15, 0.2) is 72.8 Å². The number of hydrogen-bond acceptors (Lipinski definition) is 6. The molecule has 3 aromatic carbocycles. The number of nitrogens with one attached hydrogen (secondary N) is 2. The van der Waals surface area contributed by atoms with Crippen LogP contribution in [-0.2, 0) is 37.0 Å². The zero-order chi connectivity index (χ0) is 36.8. The van der Waals surface area contributed by atoms with Crippen LogP contribution < -0.4 is 10.6 Å². The second-order valence-electron chi connectivity index (χ2n) is 14.3. The number of thiophene rings is 1. The number of hydrogen-bond donors (Lipinski definition) is 4. The number of amides is 2. The van der Waals surface area contributed by atoms with Crippen LogP contribution in [0.5, 0.6) is 0 Å². The highest BCUT2D eigenvalue weighted by atomic mass is 32.1. The van der Waals surface area contributed by atoms with E-state index in [2.05, 4.69) is 29.4 Å². The highest BCUT2D eigenvalue weighted by Crippen LogP contribution is 2.39. The fourth-order valence-corrected chi connectivity index (χ4v) is 8.81. The molecule has 9 nitrogen and oxygen atoms in total. The van der Waals surface area contributed by atoms with Crippen molar-refractivity contribution in [3.05, 3.63) is 117 Å². The van der Waals surface area contributed by atoms with Gasteiger partial charge >= 0.3 is 11.9 Å². The normalized spacial score (nSPS) is 17.1. The van der Waals surface area contributed by atoms with Crippen LogP contribution in [0.25, 0.3) is 0 Å². The van der Waals surface area contributed by atoms with Crippen LogP contribution >= 0.6 is 11.3 Å². The van der Waals surface area contributed by atoms with Gasteiger partial charge in [-0.2, -0.15) is 0 Å². The molecule has 0 unspecified atom stereocenters. The van der Waals surface area contributed by atoms with Gasteiger partial charge in [0.05, 0.1) is 17.0 Å². The Balaban J connectivity index is 1.12. The largest absolute Gasteiger partial charge is 0.481 e. The Bertz CT molecular complexity index is 1910. The van der Waals surface area contributed by atoms with Crippen molar-refractivity contribution in [3.63, 3.8) is 0 Å². The molecule has 2 aliphatic rings. The average Bonchev–Trinajstić information content (AvgIpc) is 3.51. The zero-order valence-electron chi connectivity index (χ0n) is 29.8. The standard InChI is InChI=1S/C42H47N3O6S/c1-26(2)45(34-22-18-31(19-23-34)42(50)51)25-29-6-5-7-32(24-29)38(46)44-40-37(35-8-3-4-9-36(35)52-40)39(47)43-33-20-14-28(15-21-33)11-10-27-12-16-30(17-13-27)41(48)49/h5-7,12-17,20-21,24,26,31,34H,3-4,8-11,18-19,22-23,25H2,1-2H3,(H,43,47)(H,44,46)(H,48,49)(H,50,51)/t31-,34+. The van der Waals surface area contributed by atoms with Gasteiger partial charge in [0, 0.05) is 34.8 Å². The third-order valence-corrected chi connectivity index (χ3v) is 11.7. The molecular formula is C42H47N3O6S. The maximum atomic E-state index is 13.9. The molecule has 10 heteroatoms. The van der Waals surface area contributed by atoms with Gasteiger partial charge in [0.2, 0.25) is 0 Å². The predicted molar refractivity (Wildman–Crippen MR) is 205 cm³/mol. The van der Waals surface area contributed by atoms with Crippen molar-refractivity contribution in [1.82, 2.24) is 4.90 Å². The van der Waals surface area contributed by atoms with Crippen LogP contribution in [0.2, 0.25) is 0 Å². The Kier molecular flexibility index (Phi) is 11.9. The van der Waals surface area contributed by atoms with Crippen molar-refractivity contribution in [2.24, 2.45) is 5.92 Å². The van der Waals surface area contributed by atoms with Crippen LogP contribution in [0.4, 0.5) is 10.7 Å². The number of carbonyl (C=O) groups excluding carboxylic acids is 2. The number of aliphatic carboxylic acids is 1. The molecule has 0 saturated heterocycles. The van der Waals surface area contributed by atoms with Crippen molar-refractivity contribution in [2.45, 2.75) is 96.7 Å². The number of anilines is 2. The number of rotatable bonds is 13. The van der Waals surface area contributed by atoms with Gasteiger partial charge in [0.15, 0.2) is 0 Å². The minimum Gasteiger partial charge on any atom is -0.481 e. The molecule has 0 radical (unpaired) electrons. The maximum absolute atomic E-state index is 13.9. The Morgan fingerprint density at radius 1 is 0.769 bits per heavy atom. The summed E-state index contributed by atoms with van der Waals surface area (Å²) in [6.45, 7) is 4.99. The lowest BCUT2D eigenvalue weighted by Crippen LogP contribution is -2.42. The van der Waals surface area contributed by atoms with Gasteiger partial charge in [-0.15, -0.1) is 11.3 Å². The molecule has 2 amide bonds. The summed E-state index contributed by atoms with van der Waals surface area (Å²) in [5.41, 5.74) is 6.21. The lowest BCUT2D eigenvalue weighted by Gasteiger charge is -2.38. The predicted octanol–water partition coefficient (Wildman–Crippen LogP) is 8.47. The molecule has 1 heterocycles. The van der Waals surface area contributed by atoms with E-state index in [0.29, 0.717) is 47.2 Å².